The second kappa shape index (κ2) is 4.33. The molecule has 1 fully saturated rings. The summed E-state index contributed by atoms with van der Waals surface area (Å²) in [5.74, 6) is 1.63. The first kappa shape index (κ1) is 10.0. The standard InChI is InChI=1S/C10H17N5/c1-7-5-9(7)14-10(11-2)12-6-8-3-4-13-15-8/h3-4,7,9H,5-6H2,1-2H3,(H,13,15)(H2,11,12,14)/t7-,9-/m1/s1. The Kier molecular flexibility index (Phi) is 2.89. The fourth-order valence-electron chi connectivity index (χ4n) is 1.46. The zero-order valence-electron chi connectivity index (χ0n) is 9.12. The number of H-pyrrole nitrogens is 1. The summed E-state index contributed by atoms with van der Waals surface area (Å²) in [5, 5.41) is 13.4. The molecule has 1 aliphatic carbocycles. The Balaban J connectivity index is 1.76. The molecule has 1 aromatic rings. The Morgan fingerprint density at radius 3 is 3.07 bits per heavy atom. The third kappa shape index (κ3) is 2.71. The van der Waals surface area contributed by atoms with Gasteiger partial charge in [-0.1, -0.05) is 6.92 Å². The summed E-state index contributed by atoms with van der Waals surface area (Å²) >= 11 is 0. The van der Waals surface area contributed by atoms with Crippen LogP contribution in [0.25, 0.3) is 0 Å². The van der Waals surface area contributed by atoms with E-state index in [1.165, 1.54) is 6.42 Å². The summed E-state index contributed by atoms with van der Waals surface area (Å²) < 4.78 is 0. The largest absolute Gasteiger partial charge is 0.353 e. The second-order valence-electron chi connectivity index (χ2n) is 3.97. The number of hydrogen-bond acceptors (Lipinski definition) is 2. The maximum Gasteiger partial charge on any atom is 0.191 e. The molecule has 1 aromatic heterocycles. The van der Waals surface area contributed by atoms with Gasteiger partial charge < -0.3 is 10.6 Å². The number of nitrogens with one attached hydrogen (secondary N) is 3. The average Bonchev–Trinajstić information content (AvgIpc) is 2.74. The number of rotatable bonds is 3. The molecule has 0 amide bonds. The van der Waals surface area contributed by atoms with Gasteiger partial charge >= 0.3 is 0 Å². The van der Waals surface area contributed by atoms with E-state index in [-0.39, 0.29) is 0 Å². The highest BCUT2D eigenvalue weighted by molar-refractivity contribution is 5.80. The number of aliphatic imine (C=N–C) groups is 1. The van der Waals surface area contributed by atoms with Crippen molar-refractivity contribution in [2.45, 2.75) is 25.9 Å². The van der Waals surface area contributed by atoms with E-state index in [4.69, 9.17) is 0 Å². The molecular weight excluding hydrogens is 190 g/mol. The Bertz CT molecular complexity index is 330. The molecule has 1 aliphatic rings. The van der Waals surface area contributed by atoms with E-state index in [0.29, 0.717) is 6.04 Å². The van der Waals surface area contributed by atoms with Crippen LogP contribution in [0.4, 0.5) is 0 Å². The van der Waals surface area contributed by atoms with Crippen LogP contribution in [-0.4, -0.2) is 29.2 Å². The van der Waals surface area contributed by atoms with Gasteiger partial charge in [-0.3, -0.25) is 10.1 Å². The zero-order chi connectivity index (χ0) is 10.7. The maximum absolute atomic E-state index is 4.16. The summed E-state index contributed by atoms with van der Waals surface area (Å²) in [5.41, 5.74) is 1.06. The van der Waals surface area contributed by atoms with E-state index < -0.39 is 0 Å². The fraction of sp³-hybridized carbons (Fsp3) is 0.600. The molecule has 0 spiro atoms. The molecule has 0 aliphatic heterocycles. The molecule has 0 bridgehead atoms. The summed E-state index contributed by atoms with van der Waals surface area (Å²) in [6.07, 6.45) is 2.99. The van der Waals surface area contributed by atoms with Crippen molar-refractivity contribution in [1.82, 2.24) is 20.8 Å². The number of guanidine groups is 1. The van der Waals surface area contributed by atoms with Gasteiger partial charge in [-0.25, -0.2) is 0 Å². The van der Waals surface area contributed by atoms with E-state index in [0.717, 1.165) is 24.1 Å². The molecule has 0 unspecified atom stereocenters. The SMILES string of the molecule is CN=C(NCc1ccn[nH]1)N[C@@H]1C[C@H]1C. The van der Waals surface area contributed by atoms with Gasteiger partial charge in [0, 0.05) is 19.3 Å². The van der Waals surface area contributed by atoms with E-state index in [1.54, 1.807) is 13.2 Å². The molecule has 0 saturated heterocycles. The summed E-state index contributed by atoms with van der Waals surface area (Å²) in [7, 11) is 1.79. The molecule has 15 heavy (non-hydrogen) atoms. The quantitative estimate of drug-likeness (QED) is 0.499. The van der Waals surface area contributed by atoms with Gasteiger partial charge in [-0.2, -0.15) is 5.10 Å². The third-order valence-electron chi connectivity index (χ3n) is 2.66. The van der Waals surface area contributed by atoms with Crippen molar-refractivity contribution < 1.29 is 0 Å². The van der Waals surface area contributed by atoms with Crippen molar-refractivity contribution in [2.75, 3.05) is 7.05 Å². The summed E-state index contributed by atoms with van der Waals surface area (Å²) in [4.78, 5) is 4.16. The maximum atomic E-state index is 4.16. The predicted octanol–water partition coefficient (Wildman–Crippen LogP) is 0.483. The van der Waals surface area contributed by atoms with Crippen LogP contribution in [0.15, 0.2) is 17.3 Å². The van der Waals surface area contributed by atoms with Gasteiger partial charge in [-0.15, -0.1) is 0 Å². The molecule has 0 radical (unpaired) electrons. The summed E-state index contributed by atoms with van der Waals surface area (Å²) in [6.45, 7) is 2.96. The molecule has 1 saturated carbocycles. The first-order valence-corrected chi connectivity index (χ1v) is 5.25. The Morgan fingerprint density at radius 2 is 2.53 bits per heavy atom. The van der Waals surface area contributed by atoms with Crippen molar-refractivity contribution in [3.05, 3.63) is 18.0 Å². The topological polar surface area (TPSA) is 65.1 Å². The molecule has 5 nitrogen and oxygen atoms in total. The van der Waals surface area contributed by atoms with Crippen LogP contribution in [0, 0.1) is 5.92 Å². The Labute approximate surface area is 89.4 Å². The van der Waals surface area contributed by atoms with E-state index in [2.05, 4.69) is 32.7 Å². The van der Waals surface area contributed by atoms with E-state index >= 15 is 0 Å². The minimum absolute atomic E-state index is 0.595. The molecule has 1 heterocycles. The molecule has 2 atom stereocenters. The lowest BCUT2D eigenvalue weighted by molar-refractivity contribution is 0.754. The third-order valence-corrected chi connectivity index (χ3v) is 2.66. The highest BCUT2D eigenvalue weighted by atomic mass is 15.2. The monoisotopic (exact) mass is 207 g/mol. The number of aromatic amines is 1. The lowest BCUT2D eigenvalue weighted by atomic mass is 10.4. The van der Waals surface area contributed by atoms with Gasteiger partial charge in [0.1, 0.15) is 0 Å². The first-order chi connectivity index (χ1) is 7.29. The van der Waals surface area contributed by atoms with Crippen LogP contribution < -0.4 is 10.6 Å². The predicted molar refractivity (Wildman–Crippen MR) is 59.5 cm³/mol. The van der Waals surface area contributed by atoms with Crippen LogP contribution in [-0.2, 0) is 6.54 Å². The van der Waals surface area contributed by atoms with Crippen LogP contribution >= 0.6 is 0 Å². The average molecular weight is 207 g/mol. The van der Waals surface area contributed by atoms with Gasteiger partial charge in [0.25, 0.3) is 0 Å². The van der Waals surface area contributed by atoms with Gasteiger partial charge in [0.15, 0.2) is 5.96 Å². The van der Waals surface area contributed by atoms with Crippen LogP contribution in [0.5, 0.6) is 0 Å². The van der Waals surface area contributed by atoms with Gasteiger partial charge in [0.05, 0.1) is 12.2 Å². The summed E-state index contributed by atoms with van der Waals surface area (Å²) in [6, 6.07) is 2.54. The fourth-order valence-corrected chi connectivity index (χ4v) is 1.46. The van der Waals surface area contributed by atoms with Crippen LogP contribution in [0.3, 0.4) is 0 Å². The molecule has 3 N–H and O–H groups in total. The normalized spacial score (nSPS) is 25.1. The minimum atomic E-state index is 0.595. The Morgan fingerprint density at radius 1 is 1.73 bits per heavy atom. The Hall–Kier alpha value is -1.52. The number of aromatic nitrogens is 2. The molecule has 5 heteroatoms. The molecule has 82 valence electrons. The van der Waals surface area contributed by atoms with Crippen molar-refractivity contribution in [3.63, 3.8) is 0 Å². The van der Waals surface area contributed by atoms with E-state index in [1.807, 2.05) is 6.07 Å². The zero-order valence-corrected chi connectivity index (χ0v) is 9.12. The molecular formula is C10H17N5. The lowest BCUT2D eigenvalue weighted by Gasteiger charge is -2.10. The molecule has 0 aromatic carbocycles. The number of hydrogen-bond donors (Lipinski definition) is 3. The highest BCUT2D eigenvalue weighted by Gasteiger charge is 2.33. The minimum Gasteiger partial charge on any atom is -0.353 e. The highest BCUT2D eigenvalue weighted by Crippen LogP contribution is 2.28. The van der Waals surface area contributed by atoms with Crippen LogP contribution in [0.1, 0.15) is 19.0 Å². The number of nitrogens with zero attached hydrogens (tertiary/aromatic N) is 2. The van der Waals surface area contributed by atoms with Crippen molar-refractivity contribution in [1.29, 1.82) is 0 Å². The van der Waals surface area contributed by atoms with Crippen molar-refractivity contribution in [2.24, 2.45) is 10.9 Å². The first-order valence-electron chi connectivity index (χ1n) is 5.25. The van der Waals surface area contributed by atoms with Crippen molar-refractivity contribution >= 4 is 5.96 Å². The van der Waals surface area contributed by atoms with Crippen LogP contribution in [0.2, 0.25) is 0 Å². The lowest BCUT2D eigenvalue weighted by Crippen LogP contribution is -2.38. The second-order valence-corrected chi connectivity index (χ2v) is 3.97. The van der Waals surface area contributed by atoms with Gasteiger partial charge in [0.2, 0.25) is 0 Å². The molecule has 2 rings (SSSR count). The van der Waals surface area contributed by atoms with Gasteiger partial charge in [-0.05, 0) is 18.4 Å². The smallest absolute Gasteiger partial charge is 0.191 e. The van der Waals surface area contributed by atoms with E-state index in [9.17, 15) is 0 Å². The van der Waals surface area contributed by atoms with Crippen molar-refractivity contribution in [3.8, 4) is 0 Å².